The predicted octanol–water partition coefficient (Wildman–Crippen LogP) is 4.35. The Kier molecular flexibility index (Phi) is 5.27. The monoisotopic (exact) mass is 361 g/mol. The molecule has 0 atom stereocenters. The third kappa shape index (κ3) is 4.21. The molecule has 0 radical (unpaired) electrons. The van der Waals surface area contributed by atoms with Crippen LogP contribution in [-0.2, 0) is 4.79 Å². The molecule has 0 spiro atoms. The van der Waals surface area contributed by atoms with E-state index in [9.17, 15) is 4.79 Å². The first-order chi connectivity index (χ1) is 11.6. The molecule has 1 aromatic heterocycles. The number of imidazole rings is 1. The standard InChI is InChI=1S/C17H16ClN3O2S/c1-2-23-13-5-3-4-12(9-13)19-16(22)10-24-17-20-14-7-6-11(18)8-15(14)21-17/h3-9H,2,10H2,1H3,(H,19,22)(H,20,21). The fraction of sp³-hybridized carbons (Fsp3) is 0.176. The van der Waals surface area contributed by atoms with Crippen molar-refractivity contribution >= 4 is 46.0 Å². The van der Waals surface area contributed by atoms with Crippen LogP contribution in [-0.4, -0.2) is 28.2 Å². The zero-order valence-electron chi connectivity index (χ0n) is 13.0. The number of carbonyl (C=O) groups excluding carboxylic acids is 1. The number of rotatable bonds is 6. The van der Waals surface area contributed by atoms with E-state index < -0.39 is 0 Å². The fourth-order valence-electron chi connectivity index (χ4n) is 2.19. The molecule has 3 aromatic rings. The molecule has 0 aliphatic heterocycles. The van der Waals surface area contributed by atoms with Gasteiger partial charge in [0.1, 0.15) is 5.75 Å². The summed E-state index contributed by atoms with van der Waals surface area (Å²) in [6, 6.07) is 12.8. The number of anilines is 1. The van der Waals surface area contributed by atoms with Gasteiger partial charge in [-0.3, -0.25) is 4.79 Å². The number of hydrogen-bond acceptors (Lipinski definition) is 4. The van der Waals surface area contributed by atoms with Crippen molar-refractivity contribution in [2.75, 3.05) is 17.7 Å². The Morgan fingerprint density at radius 1 is 1.33 bits per heavy atom. The van der Waals surface area contributed by atoms with Crippen LogP contribution in [0.15, 0.2) is 47.6 Å². The fourth-order valence-corrected chi connectivity index (χ4v) is 3.05. The molecule has 1 heterocycles. The Morgan fingerprint density at radius 3 is 3.04 bits per heavy atom. The van der Waals surface area contributed by atoms with Crippen molar-refractivity contribution in [3.05, 3.63) is 47.5 Å². The molecule has 0 unspecified atom stereocenters. The highest BCUT2D eigenvalue weighted by Gasteiger charge is 2.08. The van der Waals surface area contributed by atoms with E-state index >= 15 is 0 Å². The highest BCUT2D eigenvalue weighted by Crippen LogP contribution is 2.23. The minimum absolute atomic E-state index is 0.105. The van der Waals surface area contributed by atoms with Gasteiger partial charge in [0.15, 0.2) is 5.16 Å². The van der Waals surface area contributed by atoms with Gasteiger partial charge in [-0.15, -0.1) is 0 Å². The molecule has 0 saturated carbocycles. The van der Waals surface area contributed by atoms with Crippen LogP contribution >= 0.6 is 23.4 Å². The molecule has 7 heteroatoms. The van der Waals surface area contributed by atoms with Crippen LogP contribution in [0.3, 0.4) is 0 Å². The average molecular weight is 362 g/mol. The maximum atomic E-state index is 12.1. The quantitative estimate of drug-likeness (QED) is 0.641. The second-order valence-corrected chi connectivity index (χ2v) is 6.40. The number of amides is 1. The van der Waals surface area contributed by atoms with Crippen LogP contribution in [0, 0.1) is 0 Å². The number of fused-ring (bicyclic) bond motifs is 1. The summed E-state index contributed by atoms with van der Waals surface area (Å²) in [5.74, 6) is 0.885. The second-order valence-electron chi connectivity index (χ2n) is 5.00. The number of H-pyrrole nitrogens is 1. The molecular formula is C17H16ClN3O2S. The summed E-state index contributed by atoms with van der Waals surface area (Å²) in [5.41, 5.74) is 2.39. The maximum absolute atomic E-state index is 12.1. The van der Waals surface area contributed by atoms with Gasteiger partial charge in [0, 0.05) is 16.8 Å². The molecule has 2 N–H and O–H groups in total. The Hall–Kier alpha value is -2.18. The summed E-state index contributed by atoms with van der Waals surface area (Å²) in [4.78, 5) is 19.7. The van der Waals surface area contributed by atoms with E-state index in [-0.39, 0.29) is 11.7 Å². The third-order valence-electron chi connectivity index (χ3n) is 3.19. The minimum Gasteiger partial charge on any atom is -0.494 e. The first-order valence-corrected chi connectivity index (χ1v) is 8.81. The molecule has 24 heavy (non-hydrogen) atoms. The highest BCUT2D eigenvalue weighted by atomic mass is 35.5. The summed E-state index contributed by atoms with van der Waals surface area (Å²) in [5, 5.41) is 4.18. The van der Waals surface area contributed by atoms with Gasteiger partial charge in [0.25, 0.3) is 0 Å². The first kappa shape index (κ1) is 16.7. The normalized spacial score (nSPS) is 10.8. The predicted molar refractivity (Wildman–Crippen MR) is 98.1 cm³/mol. The Labute approximate surface area is 148 Å². The third-order valence-corrected chi connectivity index (χ3v) is 4.30. The minimum atomic E-state index is -0.105. The lowest BCUT2D eigenvalue weighted by Gasteiger charge is -2.07. The highest BCUT2D eigenvalue weighted by molar-refractivity contribution is 7.99. The molecule has 1 amide bonds. The molecule has 0 aliphatic carbocycles. The van der Waals surface area contributed by atoms with Crippen molar-refractivity contribution < 1.29 is 9.53 Å². The van der Waals surface area contributed by atoms with Crippen molar-refractivity contribution in [1.29, 1.82) is 0 Å². The van der Waals surface area contributed by atoms with Gasteiger partial charge in [-0.1, -0.05) is 29.4 Å². The van der Waals surface area contributed by atoms with Crippen LogP contribution in [0.25, 0.3) is 11.0 Å². The zero-order chi connectivity index (χ0) is 16.9. The number of ether oxygens (including phenoxy) is 1. The van der Waals surface area contributed by atoms with Gasteiger partial charge < -0.3 is 15.0 Å². The van der Waals surface area contributed by atoms with Gasteiger partial charge in [-0.25, -0.2) is 4.98 Å². The number of nitrogens with one attached hydrogen (secondary N) is 2. The summed E-state index contributed by atoms with van der Waals surface area (Å²) >= 11 is 7.29. The van der Waals surface area contributed by atoms with E-state index in [0.717, 1.165) is 16.8 Å². The van der Waals surface area contributed by atoms with Crippen LogP contribution in [0.4, 0.5) is 5.69 Å². The lowest BCUT2D eigenvalue weighted by molar-refractivity contribution is -0.113. The van der Waals surface area contributed by atoms with Crippen molar-refractivity contribution in [2.45, 2.75) is 12.1 Å². The lowest BCUT2D eigenvalue weighted by Crippen LogP contribution is -2.14. The maximum Gasteiger partial charge on any atom is 0.234 e. The topological polar surface area (TPSA) is 67.0 Å². The molecule has 0 saturated heterocycles. The number of hydrogen-bond donors (Lipinski definition) is 2. The molecule has 3 rings (SSSR count). The average Bonchev–Trinajstić information content (AvgIpc) is 2.95. The van der Waals surface area contributed by atoms with Crippen molar-refractivity contribution in [2.24, 2.45) is 0 Å². The Morgan fingerprint density at radius 2 is 2.21 bits per heavy atom. The van der Waals surface area contributed by atoms with Crippen LogP contribution < -0.4 is 10.1 Å². The van der Waals surface area contributed by atoms with Crippen molar-refractivity contribution in [1.82, 2.24) is 9.97 Å². The molecule has 0 bridgehead atoms. The molecule has 2 aromatic carbocycles. The largest absolute Gasteiger partial charge is 0.494 e. The number of thioether (sulfide) groups is 1. The van der Waals surface area contributed by atoms with Crippen molar-refractivity contribution in [3.8, 4) is 5.75 Å². The van der Waals surface area contributed by atoms with E-state index in [4.69, 9.17) is 16.3 Å². The van der Waals surface area contributed by atoms with E-state index in [1.807, 2.05) is 37.3 Å². The van der Waals surface area contributed by atoms with Crippen LogP contribution in [0.2, 0.25) is 5.02 Å². The summed E-state index contributed by atoms with van der Waals surface area (Å²) < 4.78 is 5.42. The zero-order valence-corrected chi connectivity index (χ0v) is 14.6. The number of carbonyl (C=O) groups is 1. The first-order valence-electron chi connectivity index (χ1n) is 7.45. The number of aromatic nitrogens is 2. The molecule has 0 fully saturated rings. The number of aromatic amines is 1. The van der Waals surface area contributed by atoms with Crippen LogP contribution in [0.5, 0.6) is 5.75 Å². The van der Waals surface area contributed by atoms with Crippen LogP contribution in [0.1, 0.15) is 6.92 Å². The van der Waals surface area contributed by atoms with Gasteiger partial charge in [-0.2, -0.15) is 0 Å². The lowest BCUT2D eigenvalue weighted by atomic mass is 10.3. The number of benzene rings is 2. The second kappa shape index (κ2) is 7.59. The molecular weight excluding hydrogens is 346 g/mol. The van der Waals surface area contributed by atoms with E-state index in [0.29, 0.717) is 22.5 Å². The Bertz CT molecular complexity index is 866. The summed E-state index contributed by atoms with van der Waals surface area (Å²) in [6.07, 6.45) is 0. The molecule has 5 nitrogen and oxygen atoms in total. The number of halogens is 1. The van der Waals surface area contributed by atoms with Crippen molar-refractivity contribution in [3.63, 3.8) is 0 Å². The van der Waals surface area contributed by atoms with Gasteiger partial charge >= 0.3 is 0 Å². The molecule has 124 valence electrons. The van der Waals surface area contributed by atoms with Gasteiger partial charge in [0.05, 0.1) is 23.4 Å². The summed E-state index contributed by atoms with van der Waals surface area (Å²) in [6.45, 7) is 2.51. The summed E-state index contributed by atoms with van der Waals surface area (Å²) in [7, 11) is 0. The van der Waals surface area contributed by atoms with E-state index in [2.05, 4.69) is 15.3 Å². The Balaban J connectivity index is 1.59. The van der Waals surface area contributed by atoms with E-state index in [1.165, 1.54) is 11.8 Å². The smallest absolute Gasteiger partial charge is 0.234 e. The SMILES string of the molecule is CCOc1cccc(NC(=O)CSc2nc3ccc(Cl)cc3[nH]2)c1. The molecule has 0 aliphatic rings. The van der Waals surface area contributed by atoms with E-state index in [1.54, 1.807) is 12.1 Å². The number of nitrogens with zero attached hydrogens (tertiary/aromatic N) is 1. The van der Waals surface area contributed by atoms with Gasteiger partial charge in [-0.05, 0) is 37.3 Å². The van der Waals surface area contributed by atoms with Gasteiger partial charge in [0.2, 0.25) is 5.91 Å².